The van der Waals surface area contributed by atoms with Gasteiger partial charge >= 0.3 is 0 Å². The zero-order valence-electron chi connectivity index (χ0n) is 13.6. The predicted molar refractivity (Wildman–Crippen MR) is 88.9 cm³/mol. The zero-order chi connectivity index (χ0) is 14.8. The van der Waals surface area contributed by atoms with Crippen molar-refractivity contribution in [3.8, 4) is 0 Å². The van der Waals surface area contributed by atoms with Crippen LogP contribution in [0.2, 0.25) is 0 Å². The van der Waals surface area contributed by atoms with Gasteiger partial charge in [0.15, 0.2) is 0 Å². The van der Waals surface area contributed by atoms with Crippen molar-refractivity contribution in [1.29, 1.82) is 0 Å². The highest BCUT2D eigenvalue weighted by Gasteiger charge is 2.20. The predicted octanol–water partition coefficient (Wildman–Crippen LogP) is 2.89. The largest absolute Gasteiger partial charge is 0.340 e. The number of carbonyl (C=O) groups excluding carboxylic acids is 2. The number of hydrogen-bond acceptors (Lipinski definition) is 3. The van der Waals surface area contributed by atoms with Crippen LogP contribution in [0, 0.1) is 0 Å². The van der Waals surface area contributed by atoms with Crippen molar-refractivity contribution in [2.75, 3.05) is 32.7 Å². The number of nitrogens with zero attached hydrogens (tertiary/aromatic N) is 2. The second-order valence-electron chi connectivity index (χ2n) is 5.72. The number of amides is 1. The maximum absolute atomic E-state index is 12.0. The number of ketones is 1. The molecule has 0 N–H and O–H groups in total. The van der Waals surface area contributed by atoms with Crippen molar-refractivity contribution < 1.29 is 9.59 Å². The van der Waals surface area contributed by atoms with E-state index in [-0.39, 0.29) is 12.4 Å². The van der Waals surface area contributed by atoms with Crippen LogP contribution in [0.1, 0.15) is 58.8 Å². The SMILES string of the molecule is CCCCCC(=O)N1CCN(CCC(=O)CCC)CC1.Cl. The molecule has 0 unspecified atom stereocenters. The maximum atomic E-state index is 12.0. The first kappa shape index (κ1) is 20.4. The number of Topliss-reactive ketones (excluding diaryl/α,β-unsaturated/α-hetero) is 1. The first-order valence-electron chi connectivity index (χ1n) is 8.19. The van der Waals surface area contributed by atoms with Crippen LogP contribution < -0.4 is 0 Å². The molecular weight excluding hydrogens is 288 g/mol. The van der Waals surface area contributed by atoms with Crippen LogP contribution in [-0.4, -0.2) is 54.2 Å². The molecule has 1 amide bonds. The molecule has 1 aliphatic rings. The van der Waals surface area contributed by atoms with Gasteiger partial charge in [-0.2, -0.15) is 0 Å². The molecule has 1 aliphatic heterocycles. The third-order valence-electron chi connectivity index (χ3n) is 3.95. The van der Waals surface area contributed by atoms with E-state index in [9.17, 15) is 9.59 Å². The van der Waals surface area contributed by atoms with Gasteiger partial charge in [0.1, 0.15) is 5.78 Å². The van der Waals surface area contributed by atoms with Crippen LogP contribution in [0.25, 0.3) is 0 Å². The van der Waals surface area contributed by atoms with E-state index in [0.717, 1.165) is 58.4 Å². The minimum atomic E-state index is 0. The van der Waals surface area contributed by atoms with Crippen LogP contribution in [0.4, 0.5) is 0 Å². The summed E-state index contributed by atoms with van der Waals surface area (Å²) in [5.74, 6) is 0.672. The molecule has 1 rings (SSSR count). The molecule has 21 heavy (non-hydrogen) atoms. The van der Waals surface area contributed by atoms with Crippen molar-refractivity contribution in [2.24, 2.45) is 0 Å². The number of unbranched alkanes of at least 4 members (excludes halogenated alkanes) is 2. The number of halogens is 1. The Balaban J connectivity index is 0.00000400. The van der Waals surface area contributed by atoms with Gasteiger partial charge in [-0.05, 0) is 12.8 Å². The molecule has 0 bridgehead atoms. The quantitative estimate of drug-likeness (QED) is 0.614. The highest BCUT2D eigenvalue weighted by atomic mass is 35.5. The van der Waals surface area contributed by atoms with Gasteiger partial charge in [-0.15, -0.1) is 12.4 Å². The fourth-order valence-corrected chi connectivity index (χ4v) is 2.59. The van der Waals surface area contributed by atoms with Crippen molar-refractivity contribution in [3.05, 3.63) is 0 Å². The lowest BCUT2D eigenvalue weighted by molar-refractivity contribution is -0.133. The second kappa shape index (κ2) is 12.0. The van der Waals surface area contributed by atoms with E-state index in [1.165, 1.54) is 0 Å². The Kier molecular flexibility index (Phi) is 11.6. The molecule has 0 aromatic carbocycles. The third kappa shape index (κ3) is 8.42. The van der Waals surface area contributed by atoms with Crippen LogP contribution in [0.3, 0.4) is 0 Å². The summed E-state index contributed by atoms with van der Waals surface area (Å²) in [5.41, 5.74) is 0. The van der Waals surface area contributed by atoms with Crippen molar-refractivity contribution in [2.45, 2.75) is 58.8 Å². The summed E-state index contributed by atoms with van der Waals surface area (Å²) in [6, 6.07) is 0. The van der Waals surface area contributed by atoms with E-state index in [2.05, 4.69) is 11.8 Å². The van der Waals surface area contributed by atoms with Crippen molar-refractivity contribution in [1.82, 2.24) is 9.80 Å². The van der Waals surface area contributed by atoms with Gasteiger partial charge < -0.3 is 4.90 Å². The smallest absolute Gasteiger partial charge is 0.222 e. The molecule has 5 heteroatoms. The van der Waals surface area contributed by atoms with Crippen LogP contribution in [-0.2, 0) is 9.59 Å². The number of rotatable bonds is 9. The molecule has 1 fully saturated rings. The van der Waals surface area contributed by atoms with Gasteiger partial charge in [-0.3, -0.25) is 14.5 Å². The average molecular weight is 319 g/mol. The molecule has 0 radical (unpaired) electrons. The van der Waals surface area contributed by atoms with E-state index in [1.807, 2.05) is 11.8 Å². The first-order chi connectivity index (χ1) is 9.67. The summed E-state index contributed by atoms with van der Waals surface area (Å²) in [7, 11) is 0. The lowest BCUT2D eigenvalue weighted by Crippen LogP contribution is -2.49. The molecule has 0 aromatic rings. The lowest BCUT2D eigenvalue weighted by atomic mass is 10.1. The summed E-state index contributed by atoms with van der Waals surface area (Å²) in [6.45, 7) is 8.54. The standard InChI is InChI=1S/C16H30N2O2.ClH/c1-3-5-6-8-16(20)18-13-11-17(12-14-18)10-9-15(19)7-4-2;/h3-14H2,1-2H3;1H. The Morgan fingerprint density at radius 2 is 1.52 bits per heavy atom. The molecular formula is C16H31ClN2O2. The van der Waals surface area contributed by atoms with Gasteiger partial charge in [-0.25, -0.2) is 0 Å². The van der Waals surface area contributed by atoms with Gasteiger partial charge in [0.25, 0.3) is 0 Å². The van der Waals surface area contributed by atoms with E-state index >= 15 is 0 Å². The summed E-state index contributed by atoms with van der Waals surface area (Å²) in [4.78, 5) is 27.8. The minimum Gasteiger partial charge on any atom is -0.340 e. The van der Waals surface area contributed by atoms with Crippen molar-refractivity contribution >= 4 is 24.1 Å². The Hall–Kier alpha value is -0.610. The van der Waals surface area contributed by atoms with Gasteiger partial charge in [0.05, 0.1) is 0 Å². The molecule has 0 saturated carbocycles. The van der Waals surface area contributed by atoms with Crippen molar-refractivity contribution in [3.63, 3.8) is 0 Å². The monoisotopic (exact) mass is 318 g/mol. The van der Waals surface area contributed by atoms with Crippen LogP contribution >= 0.6 is 12.4 Å². The Morgan fingerprint density at radius 3 is 2.10 bits per heavy atom. The highest BCUT2D eigenvalue weighted by molar-refractivity contribution is 5.85. The topological polar surface area (TPSA) is 40.6 Å². The fourth-order valence-electron chi connectivity index (χ4n) is 2.59. The third-order valence-corrected chi connectivity index (χ3v) is 3.95. The first-order valence-corrected chi connectivity index (χ1v) is 8.19. The maximum Gasteiger partial charge on any atom is 0.222 e. The highest BCUT2D eigenvalue weighted by Crippen LogP contribution is 2.08. The lowest BCUT2D eigenvalue weighted by Gasteiger charge is -2.34. The fraction of sp³-hybridized carbons (Fsp3) is 0.875. The van der Waals surface area contributed by atoms with E-state index < -0.39 is 0 Å². The molecule has 0 aromatic heterocycles. The van der Waals surface area contributed by atoms with Crippen LogP contribution in [0.5, 0.6) is 0 Å². The molecule has 0 spiro atoms. The van der Waals surface area contributed by atoms with E-state index in [1.54, 1.807) is 0 Å². The van der Waals surface area contributed by atoms with Gasteiger partial charge in [-0.1, -0.05) is 26.7 Å². The van der Waals surface area contributed by atoms with Crippen LogP contribution in [0.15, 0.2) is 0 Å². The number of carbonyl (C=O) groups is 2. The molecule has 0 atom stereocenters. The minimum absolute atomic E-state index is 0. The zero-order valence-corrected chi connectivity index (χ0v) is 14.4. The number of hydrogen-bond donors (Lipinski definition) is 0. The molecule has 1 heterocycles. The van der Waals surface area contributed by atoms with Gasteiger partial charge in [0.2, 0.25) is 5.91 Å². The Bertz CT molecular complexity index is 303. The van der Waals surface area contributed by atoms with Gasteiger partial charge in [0, 0.05) is 52.0 Å². The second-order valence-corrected chi connectivity index (χ2v) is 5.72. The Labute approximate surface area is 135 Å². The molecule has 124 valence electrons. The summed E-state index contributed by atoms with van der Waals surface area (Å²) in [6.07, 6.45) is 6.33. The summed E-state index contributed by atoms with van der Waals surface area (Å²) in [5, 5.41) is 0. The normalized spacial score (nSPS) is 15.6. The summed E-state index contributed by atoms with van der Waals surface area (Å²) < 4.78 is 0. The molecule has 4 nitrogen and oxygen atoms in total. The van der Waals surface area contributed by atoms with E-state index in [4.69, 9.17) is 0 Å². The van der Waals surface area contributed by atoms with E-state index in [0.29, 0.717) is 31.0 Å². The molecule has 1 saturated heterocycles. The number of piperazine rings is 1. The Morgan fingerprint density at radius 1 is 0.857 bits per heavy atom. The summed E-state index contributed by atoms with van der Waals surface area (Å²) >= 11 is 0. The average Bonchev–Trinajstić information content (AvgIpc) is 2.46. The molecule has 0 aliphatic carbocycles.